The summed E-state index contributed by atoms with van der Waals surface area (Å²) in [7, 11) is 0. The Bertz CT molecular complexity index is 665. The Morgan fingerprint density at radius 2 is 2.05 bits per heavy atom. The van der Waals surface area contributed by atoms with Gasteiger partial charge in [0.05, 0.1) is 6.54 Å². The fourth-order valence-corrected chi connectivity index (χ4v) is 2.51. The first-order valence-corrected chi connectivity index (χ1v) is 7.18. The van der Waals surface area contributed by atoms with Crippen molar-refractivity contribution in [3.63, 3.8) is 0 Å². The predicted molar refractivity (Wildman–Crippen MR) is 76.6 cm³/mol. The van der Waals surface area contributed by atoms with Crippen molar-refractivity contribution < 1.29 is 13.6 Å². The molecule has 1 aromatic carbocycles. The number of benzene rings is 1. The van der Waals surface area contributed by atoms with Gasteiger partial charge in [0.25, 0.3) is 5.91 Å². The maximum absolute atomic E-state index is 13.2. The molecule has 7 heteroatoms. The molecule has 3 rings (SSSR count). The fourth-order valence-electron chi connectivity index (χ4n) is 2.51. The second kappa shape index (κ2) is 6.23. The zero-order chi connectivity index (χ0) is 15.5. The minimum absolute atomic E-state index is 0.132. The summed E-state index contributed by atoms with van der Waals surface area (Å²) >= 11 is 0. The molecule has 2 heterocycles. The van der Waals surface area contributed by atoms with Crippen LogP contribution in [0.25, 0.3) is 0 Å². The van der Waals surface area contributed by atoms with Crippen LogP contribution in [-0.4, -0.2) is 52.1 Å². The second-order valence-corrected chi connectivity index (χ2v) is 5.29. The topological polar surface area (TPSA) is 62.5 Å². The molecule has 1 aliphatic rings. The lowest BCUT2D eigenvalue weighted by Crippen LogP contribution is -2.48. The van der Waals surface area contributed by atoms with E-state index >= 15 is 0 Å². The largest absolute Gasteiger partial charge is 0.424 e. The Hall–Kier alpha value is -2.28. The van der Waals surface area contributed by atoms with Crippen LogP contribution in [0.1, 0.15) is 22.1 Å². The molecule has 1 fully saturated rings. The van der Waals surface area contributed by atoms with Gasteiger partial charge in [-0.25, -0.2) is 4.39 Å². The zero-order valence-corrected chi connectivity index (χ0v) is 12.3. The predicted octanol–water partition coefficient (Wildman–Crippen LogP) is 1.48. The van der Waals surface area contributed by atoms with Crippen LogP contribution in [0, 0.1) is 12.7 Å². The average Bonchev–Trinajstić information content (AvgIpc) is 2.92. The third kappa shape index (κ3) is 3.30. The van der Waals surface area contributed by atoms with Gasteiger partial charge in [-0.3, -0.25) is 9.69 Å². The molecule has 0 saturated carbocycles. The highest BCUT2D eigenvalue weighted by Gasteiger charge is 2.23. The summed E-state index contributed by atoms with van der Waals surface area (Å²) in [5.74, 6) is 0.612. The molecule has 1 amide bonds. The first-order valence-electron chi connectivity index (χ1n) is 7.18. The quantitative estimate of drug-likeness (QED) is 0.859. The van der Waals surface area contributed by atoms with Gasteiger partial charge in [-0.2, -0.15) is 0 Å². The number of halogens is 1. The number of carbonyl (C=O) groups is 1. The van der Waals surface area contributed by atoms with E-state index in [0.717, 1.165) is 13.1 Å². The van der Waals surface area contributed by atoms with E-state index in [0.29, 0.717) is 37.0 Å². The molecule has 0 atom stereocenters. The fraction of sp³-hybridized carbons (Fsp3) is 0.400. The number of hydrogen-bond acceptors (Lipinski definition) is 5. The smallest absolute Gasteiger partial charge is 0.254 e. The summed E-state index contributed by atoms with van der Waals surface area (Å²) in [4.78, 5) is 16.2. The maximum atomic E-state index is 13.2. The normalized spacial score (nSPS) is 16.0. The van der Waals surface area contributed by atoms with E-state index in [4.69, 9.17) is 4.42 Å². The highest BCUT2D eigenvalue weighted by atomic mass is 19.1. The Morgan fingerprint density at radius 3 is 2.68 bits per heavy atom. The number of amides is 1. The van der Waals surface area contributed by atoms with Crippen LogP contribution >= 0.6 is 0 Å². The van der Waals surface area contributed by atoms with E-state index < -0.39 is 5.82 Å². The van der Waals surface area contributed by atoms with E-state index in [1.165, 1.54) is 12.1 Å². The highest BCUT2D eigenvalue weighted by molar-refractivity contribution is 5.94. The molecule has 0 N–H and O–H groups in total. The lowest BCUT2D eigenvalue weighted by molar-refractivity contribution is 0.0617. The number of nitrogens with zero attached hydrogens (tertiary/aromatic N) is 4. The van der Waals surface area contributed by atoms with Gasteiger partial charge in [0.2, 0.25) is 11.8 Å². The Balaban J connectivity index is 1.56. The number of rotatable bonds is 3. The number of piperazine rings is 1. The Morgan fingerprint density at radius 1 is 1.27 bits per heavy atom. The molecule has 22 heavy (non-hydrogen) atoms. The molecule has 0 unspecified atom stereocenters. The van der Waals surface area contributed by atoms with Crippen molar-refractivity contribution >= 4 is 5.91 Å². The van der Waals surface area contributed by atoms with Crippen LogP contribution in [0.2, 0.25) is 0 Å². The first kappa shape index (κ1) is 14.6. The molecule has 1 saturated heterocycles. The maximum Gasteiger partial charge on any atom is 0.254 e. The summed E-state index contributed by atoms with van der Waals surface area (Å²) in [6.07, 6.45) is 0. The SMILES string of the molecule is Cc1nnc(CN2CCN(C(=O)c3cccc(F)c3)CC2)o1. The number of carbonyl (C=O) groups excluding carboxylic acids is 1. The van der Waals surface area contributed by atoms with E-state index in [9.17, 15) is 9.18 Å². The molecule has 116 valence electrons. The molecule has 0 radical (unpaired) electrons. The Kier molecular flexibility index (Phi) is 4.15. The van der Waals surface area contributed by atoms with Crippen molar-refractivity contribution in [3.8, 4) is 0 Å². The van der Waals surface area contributed by atoms with Gasteiger partial charge >= 0.3 is 0 Å². The number of aromatic nitrogens is 2. The van der Waals surface area contributed by atoms with Crippen LogP contribution in [0.5, 0.6) is 0 Å². The second-order valence-electron chi connectivity index (χ2n) is 5.29. The monoisotopic (exact) mass is 304 g/mol. The summed E-state index contributed by atoms with van der Waals surface area (Å²) in [6, 6.07) is 5.80. The lowest BCUT2D eigenvalue weighted by atomic mass is 10.1. The standard InChI is InChI=1S/C15H17FN4O2/c1-11-17-18-14(22-11)10-19-5-7-20(8-6-19)15(21)12-3-2-4-13(16)9-12/h2-4,9H,5-8,10H2,1H3. The molecule has 0 aliphatic carbocycles. The van der Waals surface area contributed by atoms with Crippen LogP contribution in [0.15, 0.2) is 28.7 Å². The van der Waals surface area contributed by atoms with Crippen LogP contribution in [0.4, 0.5) is 4.39 Å². The van der Waals surface area contributed by atoms with Gasteiger partial charge in [-0.15, -0.1) is 10.2 Å². The molecular weight excluding hydrogens is 287 g/mol. The van der Waals surface area contributed by atoms with Crippen molar-refractivity contribution in [3.05, 3.63) is 47.4 Å². The summed E-state index contributed by atoms with van der Waals surface area (Å²) in [5.41, 5.74) is 0.390. The molecular formula is C15H17FN4O2. The first-order chi connectivity index (χ1) is 10.6. The van der Waals surface area contributed by atoms with E-state index in [1.54, 1.807) is 24.0 Å². The average molecular weight is 304 g/mol. The zero-order valence-electron chi connectivity index (χ0n) is 12.3. The van der Waals surface area contributed by atoms with Gasteiger partial charge in [0, 0.05) is 38.7 Å². The van der Waals surface area contributed by atoms with Crippen LogP contribution in [-0.2, 0) is 6.54 Å². The highest BCUT2D eigenvalue weighted by Crippen LogP contribution is 2.12. The van der Waals surface area contributed by atoms with E-state index in [-0.39, 0.29) is 5.91 Å². The summed E-state index contributed by atoms with van der Waals surface area (Å²) in [6.45, 7) is 4.99. The minimum atomic E-state index is -0.392. The van der Waals surface area contributed by atoms with Crippen molar-refractivity contribution in [1.82, 2.24) is 20.0 Å². The van der Waals surface area contributed by atoms with E-state index in [1.807, 2.05) is 0 Å². The van der Waals surface area contributed by atoms with E-state index in [2.05, 4.69) is 15.1 Å². The van der Waals surface area contributed by atoms with Gasteiger partial charge < -0.3 is 9.32 Å². The van der Waals surface area contributed by atoms with Crippen molar-refractivity contribution in [2.75, 3.05) is 26.2 Å². The molecule has 2 aromatic rings. The molecule has 1 aliphatic heterocycles. The van der Waals surface area contributed by atoms with Crippen molar-refractivity contribution in [1.29, 1.82) is 0 Å². The van der Waals surface area contributed by atoms with Gasteiger partial charge in [0.1, 0.15) is 5.82 Å². The molecule has 6 nitrogen and oxygen atoms in total. The minimum Gasteiger partial charge on any atom is -0.424 e. The summed E-state index contributed by atoms with van der Waals surface area (Å²) < 4.78 is 18.6. The third-order valence-corrected chi connectivity index (χ3v) is 3.66. The molecule has 0 spiro atoms. The van der Waals surface area contributed by atoms with Gasteiger partial charge in [-0.1, -0.05) is 6.07 Å². The Labute approximate surface area is 127 Å². The van der Waals surface area contributed by atoms with Gasteiger partial charge in [0.15, 0.2) is 0 Å². The molecule has 0 bridgehead atoms. The van der Waals surface area contributed by atoms with Crippen LogP contribution in [0.3, 0.4) is 0 Å². The van der Waals surface area contributed by atoms with Crippen molar-refractivity contribution in [2.24, 2.45) is 0 Å². The third-order valence-electron chi connectivity index (χ3n) is 3.66. The number of aryl methyl sites for hydroxylation is 1. The summed E-state index contributed by atoms with van der Waals surface area (Å²) in [5, 5.41) is 7.77. The van der Waals surface area contributed by atoms with Crippen LogP contribution < -0.4 is 0 Å². The van der Waals surface area contributed by atoms with Crippen molar-refractivity contribution in [2.45, 2.75) is 13.5 Å². The number of hydrogen-bond donors (Lipinski definition) is 0. The lowest BCUT2D eigenvalue weighted by Gasteiger charge is -2.34. The van der Waals surface area contributed by atoms with Gasteiger partial charge in [-0.05, 0) is 18.2 Å². The molecule has 1 aromatic heterocycles.